The minimum atomic E-state index is 0.617. The first-order valence-corrected chi connectivity index (χ1v) is 7.20. The maximum atomic E-state index is 5.86. The molecule has 1 aromatic carbocycles. The predicted octanol–water partition coefficient (Wildman–Crippen LogP) is 2.84. The number of hydrogen-bond donors (Lipinski definition) is 2. The van der Waals surface area contributed by atoms with Gasteiger partial charge in [0.25, 0.3) is 0 Å². The van der Waals surface area contributed by atoms with E-state index in [0.717, 1.165) is 30.4 Å². The van der Waals surface area contributed by atoms with Crippen molar-refractivity contribution < 1.29 is 4.74 Å². The fourth-order valence-electron chi connectivity index (χ4n) is 1.79. The fraction of sp³-hybridized carbons (Fsp3) is 0.333. The first-order valence-electron chi connectivity index (χ1n) is 6.82. The van der Waals surface area contributed by atoms with E-state index < -0.39 is 0 Å². The van der Waals surface area contributed by atoms with Gasteiger partial charge in [-0.3, -0.25) is 0 Å². The SMILES string of the molecule is COCCNc1ccnc(NCCc2ccc(Cl)cc2)n1. The van der Waals surface area contributed by atoms with Gasteiger partial charge in [0.2, 0.25) is 5.95 Å². The monoisotopic (exact) mass is 306 g/mol. The summed E-state index contributed by atoms with van der Waals surface area (Å²) in [4.78, 5) is 8.58. The van der Waals surface area contributed by atoms with Gasteiger partial charge in [-0.1, -0.05) is 23.7 Å². The molecular formula is C15H19ClN4O. The highest BCUT2D eigenvalue weighted by atomic mass is 35.5. The molecule has 0 saturated heterocycles. The molecule has 0 radical (unpaired) electrons. The van der Waals surface area contributed by atoms with E-state index in [1.807, 2.05) is 30.3 Å². The topological polar surface area (TPSA) is 59.1 Å². The van der Waals surface area contributed by atoms with Crippen LogP contribution in [0.25, 0.3) is 0 Å². The van der Waals surface area contributed by atoms with Crippen LogP contribution in [0.15, 0.2) is 36.5 Å². The molecule has 2 aromatic rings. The Labute approximate surface area is 129 Å². The molecule has 1 heterocycles. The highest BCUT2D eigenvalue weighted by molar-refractivity contribution is 6.30. The number of benzene rings is 1. The third-order valence-electron chi connectivity index (χ3n) is 2.88. The zero-order valence-electron chi connectivity index (χ0n) is 12.0. The van der Waals surface area contributed by atoms with Crippen LogP contribution < -0.4 is 10.6 Å². The lowest BCUT2D eigenvalue weighted by Gasteiger charge is -2.08. The number of rotatable bonds is 8. The van der Waals surface area contributed by atoms with E-state index in [1.54, 1.807) is 13.3 Å². The molecule has 0 bridgehead atoms. The summed E-state index contributed by atoms with van der Waals surface area (Å²) in [6.07, 6.45) is 2.62. The highest BCUT2D eigenvalue weighted by Crippen LogP contribution is 2.10. The fourth-order valence-corrected chi connectivity index (χ4v) is 1.92. The Morgan fingerprint density at radius 3 is 2.67 bits per heavy atom. The molecule has 2 rings (SSSR count). The van der Waals surface area contributed by atoms with E-state index in [0.29, 0.717) is 12.6 Å². The third kappa shape index (κ3) is 5.57. The molecule has 112 valence electrons. The molecule has 0 amide bonds. The summed E-state index contributed by atoms with van der Waals surface area (Å²) in [5.74, 6) is 1.41. The Hall–Kier alpha value is -1.85. The van der Waals surface area contributed by atoms with Crippen LogP contribution in [0, 0.1) is 0 Å². The normalized spacial score (nSPS) is 10.4. The van der Waals surface area contributed by atoms with Gasteiger partial charge in [-0.2, -0.15) is 4.98 Å². The van der Waals surface area contributed by atoms with Gasteiger partial charge in [-0.25, -0.2) is 4.98 Å². The van der Waals surface area contributed by atoms with Crippen molar-refractivity contribution >= 4 is 23.4 Å². The molecule has 5 nitrogen and oxygen atoms in total. The second kappa shape index (κ2) is 8.44. The Morgan fingerprint density at radius 2 is 1.90 bits per heavy atom. The standard InChI is InChI=1S/C15H19ClN4O/c1-21-11-10-17-14-7-9-19-15(20-14)18-8-6-12-2-4-13(16)5-3-12/h2-5,7,9H,6,8,10-11H2,1H3,(H2,17,18,19,20). The summed E-state index contributed by atoms with van der Waals surface area (Å²) in [6, 6.07) is 9.67. The van der Waals surface area contributed by atoms with Crippen LogP contribution in [0.4, 0.5) is 11.8 Å². The van der Waals surface area contributed by atoms with Crippen LogP contribution in [-0.4, -0.2) is 36.8 Å². The first-order chi connectivity index (χ1) is 10.3. The maximum absolute atomic E-state index is 5.86. The number of halogens is 1. The number of anilines is 2. The van der Waals surface area contributed by atoms with Gasteiger partial charge in [0.15, 0.2) is 0 Å². The molecule has 0 saturated carbocycles. The third-order valence-corrected chi connectivity index (χ3v) is 3.13. The predicted molar refractivity (Wildman–Crippen MR) is 86.0 cm³/mol. The second-order valence-electron chi connectivity index (χ2n) is 4.49. The summed E-state index contributed by atoms with van der Waals surface area (Å²) in [7, 11) is 1.67. The Kier molecular flexibility index (Phi) is 6.24. The quantitative estimate of drug-likeness (QED) is 0.734. The largest absolute Gasteiger partial charge is 0.383 e. The van der Waals surface area contributed by atoms with Crippen LogP contribution in [0.2, 0.25) is 5.02 Å². The average Bonchev–Trinajstić information content (AvgIpc) is 2.50. The summed E-state index contributed by atoms with van der Waals surface area (Å²) in [5.41, 5.74) is 1.22. The summed E-state index contributed by atoms with van der Waals surface area (Å²) < 4.78 is 4.99. The van der Waals surface area contributed by atoms with Gasteiger partial charge < -0.3 is 15.4 Å². The van der Waals surface area contributed by atoms with Crippen molar-refractivity contribution in [2.45, 2.75) is 6.42 Å². The molecule has 0 aliphatic carbocycles. The van der Waals surface area contributed by atoms with E-state index >= 15 is 0 Å². The minimum absolute atomic E-state index is 0.617. The van der Waals surface area contributed by atoms with Crippen molar-refractivity contribution in [1.82, 2.24) is 9.97 Å². The van der Waals surface area contributed by atoms with Crippen molar-refractivity contribution in [3.05, 3.63) is 47.1 Å². The lowest BCUT2D eigenvalue weighted by Crippen LogP contribution is -2.11. The minimum Gasteiger partial charge on any atom is -0.383 e. The van der Waals surface area contributed by atoms with Crippen LogP contribution in [-0.2, 0) is 11.2 Å². The average molecular weight is 307 g/mol. The zero-order chi connectivity index (χ0) is 14.9. The van der Waals surface area contributed by atoms with Crippen molar-refractivity contribution in [3.63, 3.8) is 0 Å². The maximum Gasteiger partial charge on any atom is 0.224 e. The zero-order valence-corrected chi connectivity index (χ0v) is 12.7. The number of nitrogens with zero attached hydrogens (tertiary/aromatic N) is 2. The van der Waals surface area contributed by atoms with E-state index in [4.69, 9.17) is 16.3 Å². The van der Waals surface area contributed by atoms with E-state index in [-0.39, 0.29) is 0 Å². The molecule has 0 spiro atoms. The molecule has 0 fully saturated rings. The van der Waals surface area contributed by atoms with Gasteiger partial charge in [-0.05, 0) is 30.2 Å². The van der Waals surface area contributed by atoms with Gasteiger partial charge in [0.05, 0.1) is 6.61 Å². The molecule has 0 aliphatic heterocycles. The molecule has 1 aromatic heterocycles. The van der Waals surface area contributed by atoms with Crippen molar-refractivity contribution in [2.75, 3.05) is 37.4 Å². The number of hydrogen-bond acceptors (Lipinski definition) is 5. The molecule has 6 heteroatoms. The number of ether oxygens (including phenoxy) is 1. The Bertz CT molecular complexity index is 548. The summed E-state index contributed by atoms with van der Waals surface area (Å²) in [6.45, 7) is 2.13. The van der Waals surface area contributed by atoms with Gasteiger partial charge in [0, 0.05) is 31.4 Å². The van der Waals surface area contributed by atoms with Crippen LogP contribution in [0.5, 0.6) is 0 Å². The smallest absolute Gasteiger partial charge is 0.224 e. The summed E-state index contributed by atoms with van der Waals surface area (Å²) >= 11 is 5.86. The second-order valence-corrected chi connectivity index (χ2v) is 4.92. The molecule has 0 unspecified atom stereocenters. The highest BCUT2D eigenvalue weighted by Gasteiger charge is 1.99. The Balaban J connectivity index is 1.79. The first kappa shape index (κ1) is 15.5. The van der Waals surface area contributed by atoms with Gasteiger partial charge in [0.1, 0.15) is 5.82 Å². The van der Waals surface area contributed by atoms with Crippen molar-refractivity contribution in [2.24, 2.45) is 0 Å². The van der Waals surface area contributed by atoms with Crippen molar-refractivity contribution in [1.29, 1.82) is 0 Å². The lowest BCUT2D eigenvalue weighted by molar-refractivity contribution is 0.210. The van der Waals surface area contributed by atoms with E-state index in [9.17, 15) is 0 Å². The lowest BCUT2D eigenvalue weighted by atomic mass is 10.1. The van der Waals surface area contributed by atoms with Gasteiger partial charge in [-0.15, -0.1) is 0 Å². The number of methoxy groups -OCH3 is 1. The van der Waals surface area contributed by atoms with E-state index in [1.165, 1.54) is 5.56 Å². The van der Waals surface area contributed by atoms with Crippen molar-refractivity contribution in [3.8, 4) is 0 Å². The van der Waals surface area contributed by atoms with E-state index in [2.05, 4.69) is 20.6 Å². The Morgan fingerprint density at radius 1 is 1.10 bits per heavy atom. The van der Waals surface area contributed by atoms with Crippen LogP contribution in [0.1, 0.15) is 5.56 Å². The molecule has 21 heavy (non-hydrogen) atoms. The van der Waals surface area contributed by atoms with Gasteiger partial charge >= 0.3 is 0 Å². The molecule has 0 aliphatic rings. The molecule has 0 atom stereocenters. The molecular weight excluding hydrogens is 288 g/mol. The van der Waals surface area contributed by atoms with Crippen LogP contribution in [0.3, 0.4) is 0 Å². The van der Waals surface area contributed by atoms with Crippen LogP contribution >= 0.6 is 11.6 Å². The number of aromatic nitrogens is 2. The number of nitrogens with one attached hydrogen (secondary N) is 2. The summed E-state index contributed by atoms with van der Waals surface area (Å²) in [5, 5.41) is 7.14. The molecule has 2 N–H and O–H groups in total.